The molecule has 2 N–H and O–H groups in total. The Kier molecular flexibility index (Phi) is 5.34. The number of nitrogens with one attached hydrogen (secondary N) is 2. The average Bonchev–Trinajstić information content (AvgIpc) is 3.38. The Balaban J connectivity index is 1.38. The lowest BCUT2D eigenvalue weighted by atomic mass is 10.1. The smallest absolute Gasteiger partial charge is 0.251 e. The molecule has 0 radical (unpaired) electrons. The first-order chi connectivity index (χ1) is 13.6. The maximum absolute atomic E-state index is 12.4. The monoisotopic (exact) mass is 440 g/mol. The maximum Gasteiger partial charge on any atom is 0.251 e. The number of hydrogen-bond donors (Lipinski definition) is 2. The predicted octanol–water partition coefficient (Wildman–Crippen LogP) is 3.86. The summed E-state index contributed by atoms with van der Waals surface area (Å²) in [5, 5.41) is 10.7. The fourth-order valence-electron chi connectivity index (χ4n) is 3.35. The molecule has 1 fully saturated rings. The minimum absolute atomic E-state index is 0.0414. The first-order valence-corrected chi connectivity index (χ1v) is 9.93. The molecule has 7 heteroatoms. The molecule has 3 aromatic rings. The molecule has 0 bridgehead atoms. The van der Waals surface area contributed by atoms with Gasteiger partial charge in [-0.1, -0.05) is 15.9 Å². The van der Waals surface area contributed by atoms with Crippen LogP contribution in [0.2, 0.25) is 0 Å². The van der Waals surface area contributed by atoms with Gasteiger partial charge in [-0.2, -0.15) is 5.10 Å². The van der Waals surface area contributed by atoms with Crippen molar-refractivity contribution in [3.8, 4) is 17.0 Å². The molecule has 1 amide bonds. The standard InChI is InChI=1S/C21H21BrN4O2/c1-28-18-8-4-14(5-9-18)19-12-20(25-24-19)26-11-10-17(13-26)23-21(27)15-2-6-16(22)7-3-15/h2-9,12,17H,10-11,13H2,1H3,(H,23,27)(H,24,25)/t17-/m0/s1. The lowest BCUT2D eigenvalue weighted by molar-refractivity contribution is 0.0940. The Hall–Kier alpha value is -2.80. The highest BCUT2D eigenvalue weighted by atomic mass is 79.9. The molecular formula is C21H21BrN4O2. The Morgan fingerprint density at radius 3 is 2.68 bits per heavy atom. The Labute approximate surface area is 172 Å². The van der Waals surface area contributed by atoms with Gasteiger partial charge in [-0.05, 0) is 60.5 Å². The maximum atomic E-state index is 12.4. The van der Waals surface area contributed by atoms with Crippen LogP contribution in [0.4, 0.5) is 5.82 Å². The summed E-state index contributed by atoms with van der Waals surface area (Å²) in [6, 6.07) is 17.4. The van der Waals surface area contributed by atoms with Gasteiger partial charge in [-0.25, -0.2) is 0 Å². The van der Waals surface area contributed by atoms with Crippen LogP contribution in [0.25, 0.3) is 11.3 Å². The number of aromatic nitrogens is 2. The van der Waals surface area contributed by atoms with Gasteiger partial charge in [0.25, 0.3) is 5.91 Å². The van der Waals surface area contributed by atoms with E-state index in [1.165, 1.54) is 0 Å². The van der Waals surface area contributed by atoms with E-state index in [4.69, 9.17) is 4.74 Å². The number of methoxy groups -OCH3 is 1. The lowest BCUT2D eigenvalue weighted by Gasteiger charge is -2.16. The van der Waals surface area contributed by atoms with Gasteiger partial charge >= 0.3 is 0 Å². The molecule has 1 saturated heterocycles. The zero-order chi connectivity index (χ0) is 19.5. The molecule has 144 valence electrons. The largest absolute Gasteiger partial charge is 0.497 e. The summed E-state index contributed by atoms with van der Waals surface area (Å²) < 4.78 is 6.16. The molecule has 2 heterocycles. The number of anilines is 1. The van der Waals surface area contributed by atoms with Crippen molar-refractivity contribution in [3.05, 3.63) is 64.6 Å². The van der Waals surface area contributed by atoms with Gasteiger partial charge in [0.2, 0.25) is 0 Å². The highest BCUT2D eigenvalue weighted by Gasteiger charge is 2.26. The number of halogens is 1. The van der Waals surface area contributed by atoms with Crippen LogP contribution < -0.4 is 15.0 Å². The summed E-state index contributed by atoms with van der Waals surface area (Å²) >= 11 is 3.39. The number of benzene rings is 2. The van der Waals surface area contributed by atoms with Gasteiger partial charge in [0, 0.05) is 35.2 Å². The van der Waals surface area contributed by atoms with E-state index in [0.29, 0.717) is 5.56 Å². The highest BCUT2D eigenvalue weighted by Crippen LogP contribution is 2.26. The molecule has 0 saturated carbocycles. The summed E-state index contributed by atoms with van der Waals surface area (Å²) in [4.78, 5) is 14.6. The van der Waals surface area contributed by atoms with Crippen LogP contribution in [0.3, 0.4) is 0 Å². The molecule has 6 nitrogen and oxygen atoms in total. The van der Waals surface area contributed by atoms with E-state index in [0.717, 1.165) is 46.8 Å². The number of H-pyrrole nitrogens is 1. The second kappa shape index (κ2) is 8.06. The van der Waals surface area contributed by atoms with Crippen LogP contribution in [0, 0.1) is 0 Å². The zero-order valence-electron chi connectivity index (χ0n) is 15.5. The van der Waals surface area contributed by atoms with E-state index in [1.54, 1.807) is 7.11 Å². The van der Waals surface area contributed by atoms with Gasteiger partial charge in [0.15, 0.2) is 5.82 Å². The van der Waals surface area contributed by atoms with Gasteiger partial charge in [0.05, 0.1) is 12.8 Å². The lowest BCUT2D eigenvalue weighted by Crippen LogP contribution is -2.37. The minimum atomic E-state index is -0.0414. The van der Waals surface area contributed by atoms with Crippen molar-refractivity contribution in [2.45, 2.75) is 12.5 Å². The molecule has 1 aliphatic heterocycles. The van der Waals surface area contributed by atoms with Crippen LogP contribution >= 0.6 is 15.9 Å². The van der Waals surface area contributed by atoms with Crippen LogP contribution in [0.15, 0.2) is 59.1 Å². The number of rotatable bonds is 5. The third-order valence-corrected chi connectivity index (χ3v) is 5.45. The Morgan fingerprint density at radius 1 is 1.21 bits per heavy atom. The van der Waals surface area contributed by atoms with E-state index in [2.05, 4.69) is 36.3 Å². The fourth-order valence-corrected chi connectivity index (χ4v) is 3.61. The molecule has 1 aromatic heterocycles. The summed E-state index contributed by atoms with van der Waals surface area (Å²) in [7, 11) is 1.66. The van der Waals surface area contributed by atoms with E-state index in [1.807, 2.05) is 54.6 Å². The molecule has 28 heavy (non-hydrogen) atoms. The van der Waals surface area contributed by atoms with Crippen molar-refractivity contribution in [1.82, 2.24) is 15.5 Å². The highest BCUT2D eigenvalue weighted by molar-refractivity contribution is 9.10. The van der Waals surface area contributed by atoms with Crippen LogP contribution in [0.1, 0.15) is 16.8 Å². The van der Waals surface area contributed by atoms with Crippen molar-refractivity contribution < 1.29 is 9.53 Å². The second-order valence-electron chi connectivity index (χ2n) is 6.78. The van der Waals surface area contributed by atoms with Crippen molar-refractivity contribution in [2.24, 2.45) is 0 Å². The topological polar surface area (TPSA) is 70.2 Å². The molecular weight excluding hydrogens is 420 g/mol. The van der Waals surface area contributed by atoms with E-state index in [-0.39, 0.29) is 11.9 Å². The number of hydrogen-bond acceptors (Lipinski definition) is 4. The predicted molar refractivity (Wildman–Crippen MR) is 113 cm³/mol. The van der Waals surface area contributed by atoms with Gasteiger partial charge in [0.1, 0.15) is 5.75 Å². The molecule has 0 aliphatic carbocycles. The average molecular weight is 441 g/mol. The molecule has 2 aromatic carbocycles. The van der Waals surface area contributed by atoms with Crippen molar-refractivity contribution in [2.75, 3.05) is 25.1 Å². The van der Waals surface area contributed by atoms with Gasteiger partial charge in [-0.15, -0.1) is 0 Å². The van der Waals surface area contributed by atoms with E-state index < -0.39 is 0 Å². The van der Waals surface area contributed by atoms with Crippen molar-refractivity contribution in [1.29, 1.82) is 0 Å². The second-order valence-corrected chi connectivity index (χ2v) is 7.70. The van der Waals surface area contributed by atoms with Crippen LogP contribution in [-0.4, -0.2) is 42.3 Å². The number of carbonyl (C=O) groups is 1. The minimum Gasteiger partial charge on any atom is -0.497 e. The first kappa shape index (κ1) is 18.6. The van der Waals surface area contributed by atoms with Gasteiger partial charge in [-0.3, -0.25) is 9.89 Å². The number of ether oxygens (including phenoxy) is 1. The zero-order valence-corrected chi connectivity index (χ0v) is 17.1. The number of nitrogens with zero attached hydrogens (tertiary/aromatic N) is 2. The normalized spacial score (nSPS) is 16.2. The Morgan fingerprint density at radius 2 is 1.96 bits per heavy atom. The third-order valence-electron chi connectivity index (χ3n) is 4.92. The summed E-state index contributed by atoms with van der Waals surface area (Å²) in [5.74, 6) is 1.68. The molecule has 1 atom stereocenters. The Bertz CT molecular complexity index is 953. The summed E-state index contributed by atoms with van der Waals surface area (Å²) in [6.07, 6.45) is 0.896. The number of amides is 1. The van der Waals surface area contributed by atoms with Crippen molar-refractivity contribution >= 4 is 27.7 Å². The molecule has 4 rings (SSSR count). The summed E-state index contributed by atoms with van der Waals surface area (Å²) in [5.41, 5.74) is 2.68. The van der Waals surface area contributed by atoms with E-state index in [9.17, 15) is 4.79 Å². The first-order valence-electron chi connectivity index (χ1n) is 9.13. The number of aromatic amines is 1. The molecule has 0 unspecified atom stereocenters. The molecule has 1 aliphatic rings. The van der Waals surface area contributed by atoms with Gasteiger partial charge < -0.3 is 15.0 Å². The molecule has 0 spiro atoms. The fraction of sp³-hybridized carbons (Fsp3) is 0.238. The van der Waals surface area contributed by atoms with Crippen molar-refractivity contribution in [3.63, 3.8) is 0 Å². The third kappa shape index (κ3) is 4.04. The van der Waals surface area contributed by atoms with E-state index >= 15 is 0 Å². The SMILES string of the molecule is COc1ccc(-c2cc(N3CC[C@H](NC(=O)c4ccc(Br)cc4)C3)n[nH]2)cc1. The quantitative estimate of drug-likeness (QED) is 0.631. The van der Waals surface area contributed by atoms with Crippen LogP contribution in [-0.2, 0) is 0 Å². The van der Waals surface area contributed by atoms with Crippen LogP contribution in [0.5, 0.6) is 5.75 Å². The number of carbonyl (C=O) groups excluding carboxylic acids is 1. The summed E-state index contributed by atoms with van der Waals surface area (Å²) in [6.45, 7) is 1.60.